The van der Waals surface area contributed by atoms with Crippen LogP contribution in [-0.2, 0) is 11.3 Å². The molecule has 5 heteroatoms. The highest BCUT2D eigenvalue weighted by Crippen LogP contribution is 2.12. The Kier molecular flexibility index (Phi) is 6.37. The molecule has 0 fully saturated rings. The average Bonchev–Trinajstić information content (AvgIpc) is 2.61. The fraction of sp³-hybridized carbons (Fsp3) is 0.263. The van der Waals surface area contributed by atoms with Gasteiger partial charge in [-0.15, -0.1) is 0 Å². The molecule has 2 aromatic carbocycles. The van der Waals surface area contributed by atoms with Gasteiger partial charge in [-0.2, -0.15) is 0 Å². The van der Waals surface area contributed by atoms with E-state index in [0.717, 1.165) is 5.56 Å². The monoisotopic (exact) mass is 326 g/mol. The van der Waals surface area contributed by atoms with Gasteiger partial charge in [-0.25, -0.2) is 0 Å². The van der Waals surface area contributed by atoms with Crippen LogP contribution < -0.4 is 15.4 Å². The second kappa shape index (κ2) is 8.72. The number of carbonyl (C=O) groups is 2. The fourth-order valence-corrected chi connectivity index (χ4v) is 2.15. The van der Waals surface area contributed by atoms with E-state index in [-0.39, 0.29) is 24.8 Å². The highest BCUT2D eigenvalue weighted by molar-refractivity contribution is 5.94. The summed E-state index contributed by atoms with van der Waals surface area (Å²) < 4.78 is 5.08. The van der Waals surface area contributed by atoms with Crippen molar-refractivity contribution in [2.45, 2.75) is 19.9 Å². The SMILES string of the molecule is COc1cccc(C(=O)NCCC(=O)NCc2ccc(C)cc2)c1. The molecule has 5 nitrogen and oxygen atoms in total. The Hall–Kier alpha value is -2.82. The van der Waals surface area contributed by atoms with E-state index in [1.165, 1.54) is 5.56 Å². The van der Waals surface area contributed by atoms with Gasteiger partial charge >= 0.3 is 0 Å². The van der Waals surface area contributed by atoms with Gasteiger partial charge in [0.25, 0.3) is 5.91 Å². The number of methoxy groups -OCH3 is 1. The van der Waals surface area contributed by atoms with Gasteiger partial charge in [-0.3, -0.25) is 9.59 Å². The van der Waals surface area contributed by atoms with Crippen LogP contribution in [0.15, 0.2) is 48.5 Å². The number of benzene rings is 2. The molecular formula is C19H22N2O3. The van der Waals surface area contributed by atoms with E-state index in [0.29, 0.717) is 17.9 Å². The first-order valence-electron chi connectivity index (χ1n) is 7.83. The zero-order chi connectivity index (χ0) is 17.4. The third-order valence-corrected chi connectivity index (χ3v) is 3.58. The van der Waals surface area contributed by atoms with Crippen molar-refractivity contribution in [2.24, 2.45) is 0 Å². The summed E-state index contributed by atoms with van der Waals surface area (Å²) in [6, 6.07) is 14.9. The van der Waals surface area contributed by atoms with Crippen LogP contribution in [0.4, 0.5) is 0 Å². The first-order valence-corrected chi connectivity index (χ1v) is 7.83. The van der Waals surface area contributed by atoms with Gasteiger partial charge in [0.15, 0.2) is 0 Å². The molecule has 0 spiro atoms. The Balaban J connectivity index is 1.71. The Morgan fingerprint density at radius 1 is 1.04 bits per heavy atom. The fourth-order valence-electron chi connectivity index (χ4n) is 2.15. The summed E-state index contributed by atoms with van der Waals surface area (Å²) in [7, 11) is 1.55. The number of carbonyl (C=O) groups excluding carboxylic acids is 2. The molecule has 0 unspecified atom stereocenters. The third kappa shape index (κ3) is 5.43. The lowest BCUT2D eigenvalue weighted by molar-refractivity contribution is -0.121. The zero-order valence-corrected chi connectivity index (χ0v) is 14.0. The number of nitrogens with one attached hydrogen (secondary N) is 2. The average molecular weight is 326 g/mol. The van der Waals surface area contributed by atoms with Gasteiger partial charge in [-0.05, 0) is 30.7 Å². The molecular weight excluding hydrogens is 304 g/mol. The molecule has 0 aliphatic rings. The lowest BCUT2D eigenvalue weighted by Gasteiger charge is -2.08. The summed E-state index contributed by atoms with van der Waals surface area (Å²) in [6.07, 6.45) is 0.238. The lowest BCUT2D eigenvalue weighted by Crippen LogP contribution is -2.30. The van der Waals surface area contributed by atoms with Gasteiger partial charge in [0.05, 0.1) is 7.11 Å². The molecule has 0 heterocycles. The van der Waals surface area contributed by atoms with Gasteiger partial charge in [-0.1, -0.05) is 35.9 Å². The predicted molar refractivity (Wildman–Crippen MR) is 93.0 cm³/mol. The van der Waals surface area contributed by atoms with Crippen molar-refractivity contribution in [1.82, 2.24) is 10.6 Å². The zero-order valence-electron chi connectivity index (χ0n) is 14.0. The second-order valence-corrected chi connectivity index (χ2v) is 5.50. The van der Waals surface area contributed by atoms with Gasteiger partial charge < -0.3 is 15.4 Å². The molecule has 2 N–H and O–H groups in total. The van der Waals surface area contributed by atoms with E-state index in [1.807, 2.05) is 31.2 Å². The first-order chi connectivity index (χ1) is 11.6. The summed E-state index contributed by atoms with van der Waals surface area (Å²) in [5.74, 6) is 0.306. The largest absolute Gasteiger partial charge is 0.497 e. The van der Waals surface area contributed by atoms with Crippen molar-refractivity contribution in [2.75, 3.05) is 13.7 Å². The van der Waals surface area contributed by atoms with Crippen LogP contribution in [0.1, 0.15) is 27.9 Å². The number of aryl methyl sites for hydroxylation is 1. The third-order valence-electron chi connectivity index (χ3n) is 3.58. The van der Waals surface area contributed by atoms with Crippen molar-refractivity contribution in [1.29, 1.82) is 0 Å². The van der Waals surface area contributed by atoms with Crippen LogP contribution in [0, 0.1) is 6.92 Å². The van der Waals surface area contributed by atoms with Crippen LogP contribution in [0.2, 0.25) is 0 Å². The normalized spacial score (nSPS) is 10.1. The summed E-state index contributed by atoms with van der Waals surface area (Å²) >= 11 is 0. The highest BCUT2D eigenvalue weighted by Gasteiger charge is 2.07. The number of hydrogen-bond donors (Lipinski definition) is 2. The maximum absolute atomic E-state index is 12.0. The van der Waals surface area contributed by atoms with Crippen LogP contribution in [-0.4, -0.2) is 25.5 Å². The van der Waals surface area contributed by atoms with E-state index in [1.54, 1.807) is 31.4 Å². The molecule has 2 aromatic rings. The first kappa shape index (κ1) is 17.5. The van der Waals surface area contributed by atoms with Crippen molar-refractivity contribution in [3.8, 4) is 5.75 Å². The van der Waals surface area contributed by atoms with Gasteiger partial charge in [0.1, 0.15) is 5.75 Å². The molecule has 0 aliphatic heterocycles. The molecule has 0 aliphatic carbocycles. The van der Waals surface area contributed by atoms with E-state index >= 15 is 0 Å². The van der Waals surface area contributed by atoms with Crippen molar-refractivity contribution in [3.63, 3.8) is 0 Å². The molecule has 0 saturated carbocycles. The standard InChI is InChI=1S/C19H22N2O3/c1-14-6-8-15(9-7-14)13-21-18(22)10-11-20-19(23)16-4-3-5-17(12-16)24-2/h3-9,12H,10-11,13H2,1-2H3,(H,20,23)(H,21,22). The molecule has 0 saturated heterocycles. The second-order valence-electron chi connectivity index (χ2n) is 5.50. The molecule has 0 aromatic heterocycles. The summed E-state index contributed by atoms with van der Waals surface area (Å²) in [6.45, 7) is 2.80. The Morgan fingerprint density at radius 3 is 2.50 bits per heavy atom. The quantitative estimate of drug-likeness (QED) is 0.821. The van der Waals surface area contributed by atoms with Crippen LogP contribution in [0.5, 0.6) is 5.75 Å². The minimum Gasteiger partial charge on any atom is -0.497 e. The summed E-state index contributed by atoms with van der Waals surface area (Å²) in [4.78, 5) is 23.8. The summed E-state index contributed by atoms with van der Waals surface area (Å²) in [5.41, 5.74) is 2.74. The summed E-state index contributed by atoms with van der Waals surface area (Å²) in [5, 5.41) is 5.57. The maximum atomic E-state index is 12.0. The smallest absolute Gasteiger partial charge is 0.251 e. The molecule has 24 heavy (non-hydrogen) atoms. The molecule has 0 radical (unpaired) electrons. The van der Waals surface area contributed by atoms with Crippen LogP contribution in [0.3, 0.4) is 0 Å². The molecule has 0 bridgehead atoms. The molecule has 2 amide bonds. The minimum absolute atomic E-state index is 0.0958. The van der Waals surface area contributed by atoms with Crippen LogP contribution >= 0.6 is 0 Å². The van der Waals surface area contributed by atoms with E-state index in [9.17, 15) is 9.59 Å². The topological polar surface area (TPSA) is 67.4 Å². The Labute approximate surface area is 142 Å². The number of hydrogen-bond acceptors (Lipinski definition) is 3. The molecule has 126 valence electrons. The molecule has 0 atom stereocenters. The Morgan fingerprint density at radius 2 is 1.79 bits per heavy atom. The van der Waals surface area contributed by atoms with E-state index < -0.39 is 0 Å². The number of rotatable bonds is 7. The van der Waals surface area contributed by atoms with Crippen molar-refractivity contribution >= 4 is 11.8 Å². The van der Waals surface area contributed by atoms with Gasteiger partial charge in [0.2, 0.25) is 5.91 Å². The maximum Gasteiger partial charge on any atom is 0.251 e. The molecule has 2 rings (SSSR count). The highest BCUT2D eigenvalue weighted by atomic mass is 16.5. The lowest BCUT2D eigenvalue weighted by atomic mass is 10.1. The Bertz CT molecular complexity index is 696. The van der Waals surface area contributed by atoms with Crippen LogP contribution in [0.25, 0.3) is 0 Å². The number of amides is 2. The number of ether oxygens (including phenoxy) is 1. The van der Waals surface area contributed by atoms with Gasteiger partial charge in [0, 0.05) is 25.1 Å². The predicted octanol–water partition coefficient (Wildman–Crippen LogP) is 2.44. The van der Waals surface area contributed by atoms with Crippen molar-refractivity contribution < 1.29 is 14.3 Å². The minimum atomic E-state index is -0.222. The van der Waals surface area contributed by atoms with E-state index in [4.69, 9.17) is 4.74 Å². The van der Waals surface area contributed by atoms with Crippen molar-refractivity contribution in [3.05, 3.63) is 65.2 Å². The van der Waals surface area contributed by atoms with E-state index in [2.05, 4.69) is 10.6 Å².